The molecule has 27 heavy (non-hydrogen) atoms. The van der Waals surface area contributed by atoms with Crippen LogP contribution in [0.3, 0.4) is 0 Å². The van der Waals surface area contributed by atoms with E-state index in [1.165, 1.54) is 18.2 Å². The van der Waals surface area contributed by atoms with Gasteiger partial charge in [-0.2, -0.15) is 13.2 Å². The van der Waals surface area contributed by atoms with Crippen molar-refractivity contribution in [3.05, 3.63) is 35.4 Å². The number of rotatable bonds is 7. The first-order chi connectivity index (χ1) is 12.8. The molecule has 1 aromatic rings. The summed E-state index contributed by atoms with van der Waals surface area (Å²) in [6.07, 6.45) is 0.806. The Morgan fingerprint density at radius 3 is 2.59 bits per heavy atom. The number of aliphatic hydroxyl groups is 1. The van der Waals surface area contributed by atoms with Gasteiger partial charge in [-0.05, 0) is 56.6 Å². The van der Waals surface area contributed by atoms with E-state index in [9.17, 15) is 18.3 Å². The molecule has 6 heteroatoms. The van der Waals surface area contributed by atoms with Crippen molar-refractivity contribution in [3.8, 4) is 11.8 Å². The lowest BCUT2D eigenvalue weighted by Gasteiger charge is -2.25. The summed E-state index contributed by atoms with van der Waals surface area (Å²) in [5.74, 6) is 5.34. The van der Waals surface area contributed by atoms with Gasteiger partial charge >= 0.3 is 6.18 Å². The second-order valence-electron chi connectivity index (χ2n) is 6.99. The quantitative estimate of drug-likeness (QED) is 0.418. The number of unbranched alkanes of at least 4 members (excludes halogenated alkanes) is 1. The van der Waals surface area contributed by atoms with E-state index in [0.29, 0.717) is 6.42 Å². The fraction of sp³-hybridized carbons (Fsp3) is 0.619. The van der Waals surface area contributed by atoms with Crippen molar-refractivity contribution in [3.63, 3.8) is 0 Å². The van der Waals surface area contributed by atoms with Gasteiger partial charge in [0.2, 0.25) is 0 Å². The highest BCUT2D eigenvalue weighted by atomic mass is 19.4. The second kappa shape index (κ2) is 9.59. The largest absolute Gasteiger partial charge is 0.417 e. The Morgan fingerprint density at radius 1 is 1.22 bits per heavy atom. The summed E-state index contributed by atoms with van der Waals surface area (Å²) in [4.78, 5) is 0. The number of methoxy groups -OCH3 is 2. The number of ether oxygens (including phenoxy) is 2. The Kier molecular flexibility index (Phi) is 7.72. The van der Waals surface area contributed by atoms with Crippen LogP contribution >= 0.6 is 0 Å². The molecule has 0 spiro atoms. The first-order valence-electron chi connectivity index (χ1n) is 9.27. The zero-order valence-electron chi connectivity index (χ0n) is 15.8. The van der Waals surface area contributed by atoms with Gasteiger partial charge in [0.05, 0.1) is 5.56 Å². The minimum Gasteiger partial charge on any atom is -0.377 e. The highest BCUT2D eigenvalue weighted by Crippen LogP contribution is 2.39. The fourth-order valence-electron chi connectivity index (χ4n) is 3.66. The molecule has 1 fully saturated rings. The molecule has 3 nitrogen and oxygen atoms in total. The van der Waals surface area contributed by atoms with Crippen LogP contribution in [0, 0.1) is 17.8 Å². The van der Waals surface area contributed by atoms with E-state index in [1.807, 2.05) is 0 Å². The summed E-state index contributed by atoms with van der Waals surface area (Å²) in [6.45, 7) is 0. The van der Waals surface area contributed by atoms with E-state index < -0.39 is 17.3 Å². The normalized spacial score (nSPS) is 22.7. The van der Waals surface area contributed by atoms with Crippen molar-refractivity contribution in [2.75, 3.05) is 14.2 Å². The Hall–Kier alpha value is -1.55. The maximum atomic E-state index is 13.1. The van der Waals surface area contributed by atoms with Crippen molar-refractivity contribution in [2.24, 2.45) is 5.92 Å². The van der Waals surface area contributed by atoms with Crippen LogP contribution in [-0.4, -0.2) is 31.2 Å². The predicted molar refractivity (Wildman–Crippen MR) is 96.9 cm³/mol. The van der Waals surface area contributed by atoms with Crippen molar-refractivity contribution in [1.29, 1.82) is 0 Å². The number of hydrogen-bond donors (Lipinski definition) is 1. The standard InChI is InChI=1S/C21H27F3O3/c1-26-19(27-2)12-6-4-9-17-10-7-14-20(17,25)15-13-16-8-3-5-11-18(16)21(22,23)24/h3,5,8,11,17,19,25H,4,6-7,9-10,12,14H2,1-2H3/t17-,20-/m0/s1. The predicted octanol–water partition coefficient (Wildman–Crippen LogP) is 4.77. The molecule has 0 unspecified atom stereocenters. The van der Waals surface area contributed by atoms with Gasteiger partial charge in [-0.3, -0.25) is 0 Å². The summed E-state index contributed by atoms with van der Waals surface area (Å²) in [6, 6.07) is 5.23. The number of hydrogen-bond acceptors (Lipinski definition) is 3. The highest BCUT2D eigenvalue weighted by molar-refractivity contribution is 5.44. The van der Waals surface area contributed by atoms with Crippen LogP contribution in [0.15, 0.2) is 24.3 Å². The van der Waals surface area contributed by atoms with Gasteiger partial charge < -0.3 is 14.6 Å². The van der Waals surface area contributed by atoms with Gasteiger partial charge in [-0.1, -0.05) is 30.4 Å². The van der Waals surface area contributed by atoms with Crippen LogP contribution in [0.4, 0.5) is 13.2 Å². The zero-order chi connectivity index (χ0) is 19.9. The van der Waals surface area contributed by atoms with E-state index in [0.717, 1.165) is 44.6 Å². The molecule has 0 bridgehead atoms. The molecule has 1 aliphatic rings. The van der Waals surface area contributed by atoms with Crippen LogP contribution < -0.4 is 0 Å². The van der Waals surface area contributed by atoms with Crippen molar-refractivity contribution >= 4 is 0 Å². The first-order valence-corrected chi connectivity index (χ1v) is 9.27. The number of benzene rings is 1. The minimum atomic E-state index is -4.46. The molecule has 150 valence electrons. The maximum absolute atomic E-state index is 13.1. The molecule has 2 atom stereocenters. The van der Waals surface area contributed by atoms with Crippen molar-refractivity contribution in [2.45, 2.75) is 63.0 Å². The minimum absolute atomic E-state index is 0.0217. The van der Waals surface area contributed by atoms with Gasteiger partial charge in [0.25, 0.3) is 0 Å². The van der Waals surface area contributed by atoms with E-state index >= 15 is 0 Å². The Bertz CT molecular complexity index is 659. The number of alkyl halides is 3. The van der Waals surface area contributed by atoms with Crippen LogP contribution in [0.5, 0.6) is 0 Å². The second-order valence-corrected chi connectivity index (χ2v) is 6.99. The van der Waals surface area contributed by atoms with Gasteiger partial charge in [0.15, 0.2) is 6.29 Å². The monoisotopic (exact) mass is 384 g/mol. The number of halogens is 3. The third-order valence-electron chi connectivity index (χ3n) is 5.20. The third kappa shape index (κ3) is 5.97. The summed E-state index contributed by atoms with van der Waals surface area (Å²) in [5.41, 5.74) is -2.08. The van der Waals surface area contributed by atoms with E-state index in [-0.39, 0.29) is 17.8 Å². The van der Waals surface area contributed by atoms with Crippen LogP contribution in [-0.2, 0) is 15.7 Å². The Labute approximate surface area is 158 Å². The van der Waals surface area contributed by atoms with Gasteiger partial charge in [0.1, 0.15) is 5.60 Å². The lowest BCUT2D eigenvalue weighted by atomic mass is 9.86. The van der Waals surface area contributed by atoms with Crippen LogP contribution in [0.2, 0.25) is 0 Å². The molecular formula is C21H27F3O3. The smallest absolute Gasteiger partial charge is 0.377 e. The summed E-state index contributed by atoms with van der Waals surface area (Å²) >= 11 is 0. The van der Waals surface area contributed by atoms with Crippen molar-refractivity contribution in [1.82, 2.24) is 0 Å². The Morgan fingerprint density at radius 2 is 1.93 bits per heavy atom. The molecule has 0 radical (unpaired) electrons. The average molecular weight is 384 g/mol. The molecule has 0 aromatic heterocycles. The van der Waals surface area contributed by atoms with E-state index in [2.05, 4.69) is 11.8 Å². The zero-order valence-corrected chi connectivity index (χ0v) is 15.8. The first kappa shape index (κ1) is 21.7. The molecule has 1 aromatic carbocycles. The van der Waals surface area contributed by atoms with E-state index in [4.69, 9.17) is 9.47 Å². The third-order valence-corrected chi connectivity index (χ3v) is 5.20. The molecular weight excluding hydrogens is 357 g/mol. The summed E-state index contributed by atoms with van der Waals surface area (Å²) in [5, 5.41) is 10.9. The maximum Gasteiger partial charge on any atom is 0.417 e. The SMILES string of the molecule is COC(CCCC[C@H]1CCC[C@]1(O)C#Cc1ccccc1C(F)(F)F)OC. The van der Waals surface area contributed by atoms with Gasteiger partial charge in [-0.15, -0.1) is 0 Å². The average Bonchev–Trinajstić information content (AvgIpc) is 3.01. The fourth-order valence-corrected chi connectivity index (χ4v) is 3.66. The summed E-state index contributed by atoms with van der Waals surface area (Å²) < 4.78 is 49.6. The summed E-state index contributed by atoms with van der Waals surface area (Å²) in [7, 11) is 3.19. The van der Waals surface area contributed by atoms with Gasteiger partial charge in [-0.25, -0.2) is 0 Å². The molecule has 0 saturated heterocycles. The lowest BCUT2D eigenvalue weighted by Crippen LogP contribution is -2.31. The molecule has 0 heterocycles. The lowest BCUT2D eigenvalue weighted by molar-refractivity contribution is -0.137. The molecule has 0 amide bonds. The van der Waals surface area contributed by atoms with Crippen LogP contribution in [0.25, 0.3) is 0 Å². The molecule has 1 N–H and O–H groups in total. The van der Waals surface area contributed by atoms with E-state index in [1.54, 1.807) is 14.2 Å². The highest BCUT2D eigenvalue weighted by Gasteiger charge is 2.39. The van der Waals surface area contributed by atoms with Crippen molar-refractivity contribution < 1.29 is 27.8 Å². The van der Waals surface area contributed by atoms with Gasteiger partial charge in [0, 0.05) is 19.8 Å². The molecule has 2 rings (SSSR count). The molecule has 1 saturated carbocycles. The molecule has 0 aliphatic heterocycles. The Balaban J connectivity index is 2.03. The van der Waals surface area contributed by atoms with Crippen LogP contribution in [0.1, 0.15) is 56.1 Å². The topological polar surface area (TPSA) is 38.7 Å². The molecule has 1 aliphatic carbocycles.